The molecule has 1 aromatic rings. The lowest BCUT2D eigenvalue weighted by molar-refractivity contribution is -0.137. The number of pyridine rings is 1. The van der Waals surface area contributed by atoms with Crippen molar-refractivity contribution in [3.05, 3.63) is 23.0 Å². The summed E-state index contributed by atoms with van der Waals surface area (Å²) in [5, 5.41) is -0.576. The van der Waals surface area contributed by atoms with E-state index in [0.717, 1.165) is 12.3 Å². The lowest BCUT2D eigenvalue weighted by Gasteiger charge is -2.08. The molecule has 0 radical (unpaired) electrons. The van der Waals surface area contributed by atoms with E-state index in [1.807, 2.05) is 0 Å². The highest BCUT2D eigenvalue weighted by atomic mass is 35.5. The second-order valence-corrected chi connectivity index (χ2v) is 2.57. The Balaban J connectivity index is 3.19. The van der Waals surface area contributed by atoms with Crippen LogP contribution in [0.2, 0.25) is 5.15 Å². The van der Waals surface area contributed by atoms with Crippen LogP contribution in [0.1, 0.15) is 5.56 Å². The standard InChI is InChI=1S/C7H5ClF3NO/c1-13-4-2-5(7(9,10)11)6(8)12-3-4/h2-3H,1H3. The van der Waals surface area contributed by atoms with E-state index in [1.165, 1.54) is 7.11 Å². The highest BCUT2D eigenvalue weighted by molar-refractivity contribution is 6.30. The van der Waals surface area contributed by atoms with Gasteiger partial charge in [-0.1, -0.05) is 11.6 Å². The maximum absolute atomic E-state index is 12.2. The van der Waals surface area contributed by atoms with Gasteiger partial charge in [0.05, 0.1) is 18.9 Å². The quantitative estimate of drug-likeness (QED) is 0.667. The van der Waals surface area contributed by atoms with Crippen LogP contribution in [0.15, 0.2) is 12.3 Å². The predicted molar refractivity (Wildman–Crippen MR) is 40.8 cm³/mol. The maximum Gasteiger partial charge on any atom is 0.419 e. The average Bonchev–Trinajstić information content (AvgIpc) is 2.03. The molecule has 0 aliphatic rings. The van der Waals surface area contributed by atoms with Crippen LogP contribution < -0.4 is 4.74 Å². The molecular formula is C7H5ClF3NO. The Hall–Kier alpha value is -0.970. The summed E-state index contributed by atoms with van der Waals surface area (Å²) in [6, 6.07) is 0.801. The molecule has 72 valence electrons. The monoisotopic (exact) mass is 211 g/mol. The minimum Gasteiger partial charge on any atom is -0.495 e. The van der Waals surface area contributed by atoms with Gasteiger partial charge in [-0.2, -0.15) is 13.2 Å². The summed E-state index contributed by atoms with van der Waals surface area (Å²) in [5.41, 5.74) is -0.992. The fourth-order valence-electron chi connectivity index (χ4n) is 0.739. The molecule has 13 heavy (non-hydrogen) atoms. The van der Waals surface area contributed by atoms with Crippen molar-refractivity contribution in [3.63, 3.8) is 0 Å². The van der Waals surface area contributed by atoms with E-state index in [-0.39, 0.29) is 5.75 Å². The second-order valence-electron chi connectivity index (χ2n) is 2.21. The van der Waals surface area contributed by atoms with Crippen molar-refractivity contribution >= 4 is 11.6 Å². The fourth-order valence-corrected chi connectivity index (χ4v) is 0.950. The summed E-state index contributed by atoms with van der Waals surface area (Å²) >= 11 is 5.25. The Morgan fingerprint density at radius 1 is 1.46 bits per heavy atom. The van der Waals surface area contributed by atoms with E-state index < -0.39 is 16.9 Å². The van der Waals surface area contributed by atoms with Crippen molar-refractivity contribution in [2.24, 2.45) is 0 Å². The second kappa shape index (κ2) is 3.41. The minimum atomic E-state index is -4.50. The van der Waals surface area contributed by atoms with E-state index in [9.17, 15) is 13.2 Å². The van der Waals surface area contributed by atoms with Gasteiger partial charge in [-0.05, 0) is 6.07 Å². The molecule has 1 rings (SSSR count). The Labute approximate surface area is 77.3 Å². The first kappa shape index (κ1) is 10.1. The Kier molecular flexibility index (Phi) is 2.66. The van der Waals surface area contributed by atoms with Gasteiger partial charge in [0.25, 0.3) is 0 Å². The lowest BCUT2D eigenvalue weighted by atomic mass is 10.3. The molecule has 0 N–H and O–H groups in total. The van der Waals surface area contributed by atoms with E-state index in [2.05, 4.69) is 9.72 Å². The van der Waals surface area contributed by atoms with E-state index in [1.54, 1.807) is 0 Å². The van der Waals surface area contributed by atoms with Crippen LogP contribution in [-0.4, -0.2) is 12.1 Å². The molecule has 0 unspecified atom stereocenters. The minimum absolute atomic E-state index is 0.0247. The summed E-state index contributed by atoms with van der Waals surface area (Å²) < 4.78 is 41.1. The maximum atomic E-state index is 12.2. The Morgan fingerprint density at radius 2 is 2.08 bits per heavy atom. The van der Waals surface area contributed by atoms with E-state index in [4.69, 9.17) is 11.6 Å². The molecule has 0 bridgehead atoms. The third-order valence-electron chi connectivity index (χ3n) is 1.36. The molecule has 6 heteroatoms. The molecule has 0 aromatic carbocycles. The zero-order valence-electron chi connectivity index (χ0n) is 6.52. The van der Waals surface area contributed by atoms with Gasteiger partial charge in [0.15, 0.2) is 0 Å². The van der Waals surface area contributed by atoms with Gasteiger partial charge in [0.2, 0.25) is 0 Å². The van der Waals surface area contributed by atoms with Crippen molar-refractivity contribution < 1.29 is 17.9 Å². The molecule has 0 atom stereocenters. The number of methoxy groups -OCH3 is 1. The summed E-state index contributed by atoms with van der Waals surface area (Å²) in [5.74, 6) is 0.0247. The summed E-state index contributed by atoms with van der Waals surface area (Å²) in [7, 11) is 1.26. The normalized spacial score (nSPS) is 11.5. The van der Waals surface area contributed by atoms with Crippen LogP contribution in [0.3, 0.4) is 0 Å². The first-order valence-electron chi connectivity index (χ1n) is 3.22. The van der Waals surface area contributed by atoms with Gasteiger partial charge in [-0.15, -0.1) is 0 Å². The summed E-state index contributed by atoms with van der Waals surface area (Å²) in [6.07, 6.45) is -3.38. The number of alkyl halides is 3. The third-order valence-corrected chi connectivity index (χ3v) is 1.66. The number of aromatic nitrogens is 1. The van der Waals surface area contributed by atoms with Crippen LogP contribution in [-0.2, 0) is 6.18 Å². The highest BCUT2D eigenvalue weighted by Crippen LogP contribution is 2.35. The number of rotatable bonds is 1. The van der Waals surface area contributed by atoms with Gasteiger partial charge in [-0.3, -0.25) is 0 Å². The van der Waals surface area contributed by atoms with Crippen molar-refractivity contribution in [3.8, 4) is 5.75 Å². The van der Waals surface area contributed by atoms with Crippen molar-refractivity contribution in [2.45, 2.75) is 6.18 Å². The smallest absolute Gasteiger partial charge is 0.419 e. The number of nitrogens with zero attached hydrogens (tertiary/aromatic N) is 1. The molecule has 0 aliphatic carbocycles. The van der Waals surface area contributed by atoms with Crippen LogP contribution in [0.4, 0.5) is 13.2 Å². The number of ether oxygens (including phenoxy) is 1. The van der Waals surface area contributed by atoms with Crippen molar-refractivity contribution in [2.75, 3.05) is 7.11 Å². The van der Waals surface area contributed by atoms with Crippen LogP contribution in [0.5, 0.6) is 5.75 Å². The third kappa shape index (κ3) is 2.24. The molecule has 0 spiro atoms. The zero-order valence-corrected chi connectivity index (χ0v) is 7.28. The molecule has 0 fully saturated rings. The predicted octanol–water partition coefficient (Wildman–Crippen LogP) is 2.76. The van der Waals surface area contributed by atoms with Crippen molar-refractivity contribution in [1.29, 1.82) is 0 Å². The largest absolute Gasteiger partial charge is 0.495 e. The molecule has 1 heterocycles. The molecule has 0 saturated carbocycles. The molecule has 2 nitrogen and oxygen atoms in total. The number of hydrogen-bond acceptors (Lipinski definition) is 2. The van der Waals surface area contributed by atoms with Gasteiger partial charge >= 0.3 is 6.18 Å². The van der Waals surface area contributed by atoms with Gasteiger partial charge in [0, 0.05) is 0 Å². The first-order valence-corrected chi connectivity index (χ1v) is 3.59. The summed E-state index contributed by atoms with van der Waals surface area (Å²) in [6.45, 7) is 0. The van der Waals surface area contributed by atoms with Gasteiger partial charge in [0.1, 0.15) is 10.9 Å². The molecule has 0 aliphatic heterocycles. The SMILES string of the molecule is COc1cnc(Cl)c(C(F)(F)F)c1. The molecule has 1 aromatic heterocycles. The molecule has 0 saturated heterocycles. The van der Waals surface area contributed by atoms with Crippen LogP contribution in [0.25, 0.3) is 0 Å². The Bertz CT molecular complexity index is 313. The van der Waals surface area contributed by atoms with Gasteiger partial charge < -0.3 is 4.74 Å². The zero-order chi connectivity index (χ0) is 10.1. The van der Waals surface area contributed by atoms with E-state index >= 15 is 0 Å². The highest BCUT2D eigenvalue weighted by Gasteiger charge is 2.34. The lowest BCUT2D eigenvalue weighted by Crippen LogP contribution is -2.07. The van der Waals surface area contributed by atoms with Crippen LogP contribution >= 0.6 is 11.6 Å². The average molecular weight is 212 g/mol. The summed E-state index contributed by atoms with van der Waals surface area (Å²) in [4.78, 5) is 3.34. The number of halogens is 4. The molecular weight excluding hydrogens is 207 g/mol. The number of hydrogen-bond donors (Lipinski definition) is 0. The van der Waals surface area contributed by atoms with Crippen molar-refractivity contribution in [1.82, 2.24) is 4.98 Å². The van der Waals surface area contributed by atoms with Crippen LogP contribution in [0, 0.1) is 0 Å². The molecule has 0 amide bonds. The Morgan fingerprint density at radius 3 is 2.54 bits per heavy atom. The topological polar surface area (TPSA) is 22.1 Å². The van der Waals surface area contributed by atoms with E-state index in [0.29, 0.717) is 0 Å². The van der Waals surface area contributed by atoms with Gasteiger partial charge in [-0.25, -0.2) is 4.98 Å². The fraction of sp³-hybridized carbons (Fsp3) is 0.286. The first-order chi connectivity index (χ1) is 5.95.